The van der Waals surface area contributed by atoms with Crippen LogP contribution in [0.1, 0.15) is 11.1 Å². The average Bonchev–Trinajstić information content (AvgIpc) is 2.01. The van der Waals surface area contributed by atoms with E-state index < -0.39 is 0 Å². The minimum Gasteiger partial charge on any atom is -0.380 e. The second-order valence-electron chi connectivity index (χ2n) is 2.63. The number of aryl methyl sites for hydroxylation is 1. The molecular weight excluding hydrogens is 378 g/mol. The minimum absolute atomic E-state index is 0.703. The Bertz CT molecular complexity index is 284. The molecule has 0 amide bonds. The Morgan fingerprint density at radius 2 is 1.92 bits per heavy atom. The van der Waals surface area contributed by atoms with Crippen molar-refractivity contribution in [2.75, 3.05) is 7.11 Å². The SMILES string of the molecule is COCc1cc(I)c(C)cc1I. The summed E-state index contributed by atoms with van der Waals surface area (Å²) in [4.78, 5) is 0. The lowest BCUT2D eigenvalue weighted by Crippen LogP contribution is -1.94. The van der Waals surface area contributed by atoms with E-state index in [4.69, 9.17) is 4.74 Å². The second-order valence-corrected chi connectivity index (χ2v) is 4.95. The molecule has 0 atom stereocenters. The third kappa shape index (κ3) is 2.56. The van der Waals surface area contributed by atoms with Crippen molar-refractivity contribution >= 4 is 45.2 Å². The molecule has 3 heteroatoms. The van der Waals surface area contributed by atoms with Crippen LogP contribution in [-0.2, 0) is 11.3 Å². The summed E-state index contributed by atoms with van der Waals surface area (Å²) in [7, 11) is 1.73. The molecular formula is C9H10I2O. The van der Waals surface area contributed by atoms with Crippen LogP contribution in [0.15, 0.2) is 12.1 Å². The highest BCUT2D eigenvalue weighted by molar-refractivity contribution is 14.1. The van der Waals surface area contributed by atoms with E-state index in [1.165, 1.54) is 18.3 Å². The molecule has 0 aliphatic heterocycles. The van der Waals surface area contributed by atoms with Crippen molar-refractivity contribution in [2.45, 2.75) is 13.5 Å². The van der Waals surface area contributed by atoms with Crippen LogP contribution in [0.2, 0.25) is 0 Å². The first-order chi connectivity index (χ1) is 5.65. The van der Waals surface area contributed by atoms with Crippen molar-refractivity contribution in [3.05, 3.63) is 30.4 Å². The Morgan fingerprint density at radius 3 is 2.50 bits per heavy atom. The topological polar surface area (TPSA) is 9.23 Å². The summed E-state index contributed by atoms with van der Waals surface area (Å²) in [5, 5.41) is 0. The number of halogens is 2. The molecule has 0 radical (unpaired) electrons. The molecule has 0 fully saturated rings. The van der Waals surface area contributed by atoms with Crippen LogP contribution < -0.4 is 0 Å². The fourth-order valence-electron chi connectivity index (χ4n) is 0.954. The van der Waals surface area contributed by atoms with Crippen LogP contribution in [0.25, 0.3) is 0 Å². The van der Waals surface area contributed by atoms with Crippen molar-refractivity contribution in [3.8, 4) is 0 Å². The minimum atomic E-state index is 0.703. The van der Waals surface area contributed by atoms with Gasteiger partial charge >= 0.3 is 0 Å². The van der Waals surface area contributed by atoms with Gasteiger partial charge in [0.1, 0.15) is 0 Å². The first kappa shape index (κ1) is 10.7. The molecule has 0 aliphatic rings. The van der Waals surface area contributed by atoms with Gasteiger partial charge < -0.3 is 4.74 Å². The quantitative estimate of drug-likeness (QED) is 0.707. The number of ether oxygens (including phenoxy) is 1. The number of hydrogen-bond acceptors (Lipinski definition) is 1. The Hall–Kier alpha value is 0.640. The predicted octanol–water partition coefficient (Wildman–Crippen LogP) is 3.35. The van der Waals surface area contributed by atoms with Crippen LogP contribution in [0, 0.1) is 14.1 Å². The van der Waals surface area contributed by atoms with Crippen LogP contribution in [0.3, 0.4) is 0 Å². The first-order valence-corrected chi connectivity index (χ1v) is 5.74. The van der Waals surface area contributed by atoms with Crippen molar-refractivity contribution in [1.82, 2.24) is 0 Å². The van der Waals surface area contributed by atoms with Crippen LogP contribution >= 0.6 is 45.2 Å². The smallest absolute Gasteiger partial charge is 0.0723 e. The van der Waals surface area contributed by atoms with E-state index in [-0.39, 0.29) is 0 Å². The molecule has 0 aliphatic carbocycles. The molecule has 1 aromatic carbocycles. The molecule has 0 spiro atoms. The normalized spacial score (nSPS) is 10.3. The summed E-state index contributed by atoms with van der Waals surface area (Å²) in [6, 6.07) is 4.37. The molecule has 1 rings (SSSR count). The van der Waals surface area contributed by atoms with Crippen LogP contribution in [0.5, 0.6) is 0 Å². The van der Waals surface area contributed by atoms with E-state index in [1.54, 1.807) is 7.11 Å². The summed E-state index contributed by atoms with van der Waals surface area (Å²) >= 11 is 4.69. The molecule has 0 bridgehead atoms. The first-order valence-electron chi connectivity index (χ1n) is 3.58. The zero-order valence-corrected chi connectivity index (χ0v) is 11.3. The molecule has 66 valence electrons. The van der Waals surface area contributed by atoms with Crippen molar-refractivity contribution < 1.29 is 4.74 Å². The highest BCUT2D eigenvalue weighted by Gasteiger charge is 2.02. The fourth-order valence-corrected chi connectivity index (χ4v) is 2.26. The van der Waals surface area contributed by atoms with Gasteiger partial charge in [-0.1, -0.05) is 0 Å². The molecule has 1 nitrogen and oxygen atoms in total. The predicted molar refractivity (Wildman–Crippen MR) is 67.3 cm³/mol. The van der Waals surface area contributed by atoms with Crippen molar-refractivity contribution in [3.63, 3.8) is 0 Å². The second kappa shape index (κ2) is 4.76. The zero-order chi connectivity index (χ0) is 9.14. The molecule has 0 saturated carbocycles. The maximum absolute atomic E-state index is 5.10. The summed E-state index contributed by atoms with van der Waals surface area (Å²) in [5.74, 6) is 0. The van der Waals surface area contributed by atoms with E-state index >= 15 is 0 Å². The number of hydrogen-bond donors (Lipinski definition) is 0. The molecule has 12 heavy (non-hydrogen) atoms. The standard InChI is InChI=1S/C9H10I2O/c1-6-3-9(11)7(5-12-2)4-8(6)10/h3-4H,5H2,1-2H3. The Kier molecular flexibility index (Phi) is 4.25. The van der Waals surface area contributed by atoms with Gasteiger partial charge in [-0.15, -0.1) is 0 Å². The molecule has 0 heterocycles. The van der Waals surface area contributed by atoms with E-state index in [2.05, 4.69) is 64.2 Å². The van der Waals surface area contributed by atoms with E-state index in [9.17, 15) is 0 Å². The number of methoxy groups -OCH3 is 1. The summed E-state index contributed by atoms with van der Waals surface area (Å²) in [6.07, 6.45) is 0. The monoisotopic (exact) mass is 388 g/mol. The van der Waals surface area contributed by atoms with Gasteiger partial charge in [0, 0.05) is 14.3 Å². The van der Waals surface area contributed by atoms with Crippen molar-refractivity contribution in [2.24, 2.45) is 0 Å². The lowest BCUT2D eigenvalue weighted by Gasteiger charge is -2.06. The largest absolute Gasteiger partial charge is 0.380 e. The lowest BCUT2D eigenvalue weighted by molar-refractivity contribution is 0.184. The van der Waals surface area contributed by atoms with E-state index in [1.807, 2.05) is 0 Å². The lowest BCUT2D eigenvalue weighted by atomic mass is 10.2. The van der Waals surface area contributed by atoms with Gasteiger partial charge in [0.25, 0.3) is 0 Å². The Balaban J connectivity index is 3.05. The molecule has 0 N–H and O–H groups in total. The summed E-state index contributed by atoms with van der Waals surface area (Å²) < 4.78 is 7.69. The summed E-state index contributed by atoms with van der Waals surface area (Å²) in [6.45, 7) is 2.83. The molecule has 0 aromatic heterocycles. The third-order valence-corrected chi connectivity index (χ3v) is 3.79. The van der Waals surface area contributed by atoms with Gasteiger partial charge in [-0.3, -0.25) is 0 Å². The van der Waals surface area contributed by atoms with Gasteiger partial charge in [0.15, 0.2) is 0 Å². The number of benzene rings is 1. The fraction of sp³-hybridized carbons (Fsp3) is 0.333. The molecule has 0 unspecified atom stereocenters. The van der Waals surface area contributed by atoms with Gasteiger partial charge in [-0.25, -0.2) is 0 Å². The third-order valence-electron chi connectivity index (χ3n) is 1.63. The van der Waals surface area contributed by atoms with Gasteiger partial charge in [-0.2, -0.15) is 0 Å². The number of rotatable bonds is 2. The maximum Gasteiger partial charge on any atom is 0.0723 e. The Morgan fingerprint density at radius 1 is 1.25 bits per heavy atom. The summed E-state index contributed by atoms with van der Waals surface area (Å²) in [5.41, 5.74) is 2.60. The molecule has 1 aromatic rings. The van der Waals surface area contributed by atoms with Crippen LogP contribution in [0.4, 0.5) is 0 Å². The van der Waals surface area contributed by atoms with E-state index in [0.717, 1.165) is 0 Å². The maximum atomic E-state index is 5.10. The van der Waals surface area contributed by atoms with Crippen LogP contribution in [-0.4, -0.2) is 7.11 Å². The van der Waals surface area contributed by atoms with Gasteiger partial charge in [0.2, 0.25) is 0 Å². The highest BCUT2D eigenvalue weighted by Crippen LogP contribution is 2.20. The zero-order valence-electron chi connectivity index (χ0n) is 7.03. The van der Waals surface area contributed by atoms with Crippen molar-refractivity contribution in [1.29, 1.82) is 0 Å². The van der Waals surface area contributed by atoms with E-state index in [0.29, 0.717) is 6.61 Å². The Labute approximate surface area is 100 Å². The van der Waals surface area contributed by atoms with Gasteiger partial charge in [-0.05, 0) is 75.4 Å². The highest BCUT2D eigenvalue weighted by atomic mass is 127. The average molecular weight is 388 g/mol. The van der Waals surface area contributed by atoms with Gasteiger partial charge in [0.05, 0.1) is 6.61 Å². The molecule has 0 saturated heterocycles.